The molecule has 4 aromatic carbocycles. The second-order valence-electron chi connectivity index (χ2n) is 7.91. The standard InChI is InChI=1S/C28H24IN3O4S/c29-24-15-17-25(18-16-24)32(37(34,35)26-12-5-2-6-13-26)20-28(33)31-30-19-23-11-7-8-14-27(23)36-21-22-9-3-1-4-10-22/h1-19H,20-21H2,(H,31,33)/b30-19-. The van der Waals surface area contributed by atoms with E-state index in [0.29, 0.717) is 23.6 Å². The van der Waals surface area contributed by atoms with E-state index in [1.165, 1.54) is 18.3 Å². The van der Waals surface area contributed by atoms with Gasteiger partial charge in [-0.05, 0) is 76.7 Å². The lowest BCUT2D eigenvalue weighted by Gasteiger charge is -2.23. The lowest BCUT2D eigenvalue weighted by molar-refractivity contribution is -0.119. The first-order chi connectivity index (χ1) is 17.9. The maximum absolute atomic E-state index is 13.4. The number of hydrazone groups is 1. The van der Waals surface area contributed by atoms with Crippen molar-refractivity contribution < 1.29 is 17.9 Å². The number of ether oxygens (including phenoxy) is 1. The van der Waals surface area contributed by atoms with Gasteiger partial charge in [0.2, 0.25) is 0 Å². The number of amides is 1. The topological polar surface area (TPSA) is 88.1 Å². The minimum Gasteiger partial charge on any atom is -0.488 e. The van der Waals surface area contributed by atoms with Gasteiger partial charge in [0.05, 0.1) is 16.8 Å². The van der Waals surface area contributed by atoms with Crippen LogP contribution in [0.4, 0.5) is 5.69 Å². The van der Waals surface area contributed by atoms with E-state index >= 15 is 0 Å². The minimum atomic E-state index is -3.98. The Balaban J connectivity index is 1.47. The highest BCUT2D eigenvalue weighted by atomic mass is 127. The molecule has 0 heterocycles. The Hall–Kier alpha value is -3.70. The number of hydrogen-bond acceptors (Lipinski definition) is 5. The number of anilines is 1. The molecule has 0 aliphatic carbocycles. The van der Waals surface area contributed by atoms with E-state index in [2.05, 4.69) is 33.1 Å². The number of benzene rings is 4. The summed E-state index contributed by atoms with van der Waals surface area (Å²) in [4.78, 5) is 12.9. The maximum Gasteiger partial charge on any atom is 0.264 e. The van der Waals surface area contributed by atoms with E-state index in [0.717, 1.165) is 13.4 Å². The summed E-state index contributed by atoms with van der Waals surface area (Å²) in [5, 5.41) is 4.05. The van der Waals surface area contributed by atoms with Gasteiger partial charge in [0.1, 0.15) is 18.9 Å². The number of rotatable bonds is 10. The fourth-order valence-electron chi connectivity index (χ4n) is 3.44. The Bertz CT molecular complexity index is 1460. The predicted octanol–water partition coefficient (Wildman–Crippen LogP) is 5.22. The molecule has 1 N–H and O–H groups in total. The molecule has 4 rings (SSSR count). The average molecular weight is 625 g/mol. The Morgan fingerprint density at radius 3 is 2.19 bits per heavy atom. The lowest BCUT2D eigenvalue weighted by Crippen LogP contribution is -2.39. The third-order valence-corrected chi connectivity index (χ3v) is 7.79. The van der Waals surface area contributed by atoms with Gasteiger partial charge in [-0.2, -0.15) is 5.10 Å². The van der Waals surface area contributed by atoms with Gasteiger partial charge in [-0.3, -0.25) is 9.10 Å². The first-order valence-electron chi connectivity index (χ1n) is 11.3. The molecule has 37 heavy (non-hydrogen) atoms. The number of carbonyl (C=O) groups excluding carboxylic acids is 1. The molecule has 0 radical (unpaired) electrons. The second kappa shape index (κ2) is 12.5. The Labute approximate surface area is 230 Å². The minimum absolute atomic E-state index is 0.0920. The summed E-state index contributed by atoms with van der Waals surface area (Å²) in [5.41, 5.74) is 4.51. The van der Waals surface area contributed by atoms with Gasteiger partial charge in [-0.25, -0.2) is 13.8 Å². The molecule has 7 nitrogen and oxygen atoms in total. The Morgan fingerprint density at radius 1 is 0.865 bits per heavy atom. The molecule has 1 amide bonds. The van der Waals surface area contributed by atoms with Crippen LogP contribution in [0, 0.1) is 3.57 Å². The third kappa shape index (κ3) is 7.17. The van der Waals surface area contributed by atoms with Gasteiger partial charge < -0.3 is 4.74 Å². The normalized spacial score (nSPS) is 11.3. The molecule has 0 aliphatic heterocycles. The zero-order chi connectivity index (χ0) is 26.1. The molecule has 0 aliphatic rings. The van der Waals surface area contributed by atoms with Crippen molar-refractivity contribution in [2.24, 2.45) is 5.10 Å². The monoisotopic (exact) mass is 625 g/mol. The summed E-state index contributed by atoms with van der Waals surface area (Å²) < 4.78 is 34.7. The van der Waals surface area contributed by atoms with E-state index in [-0.39, 0.29) is 4.90 Å². The van der Waals surface area contributed by atoms with Crippen molar-refractivity contribution in [1.82, 2.24) is 5.43 Å². The fourth-order valence-corrected chi connectivity index (χ4v) is 5.24. The molecule has 9 heteroatoms. The molecule has 0 saturated heterocycles. The molecule has 0 fully saturated rings. The predicted molar refractivity (Wildman–Crippen MR) is 153 cm³/mol. The number of halogens is 1. The number of nitrogens with zero attached hydrogens (tertiary/aromatic N) is 2. The van der Waals surface area contributed by atoms with Gasteiger partial charge >= 0.3 is 0 Å². The summed E-state index contributed by atoms with van der Waals surface area (Å²) in [6, 6.07) is 32.0. The van der Waals surface area contributed by atoms with Gasteiger partial charge in [0, 0.05) is 9.13 Å². The van der Waals surface area contributed by atoms with Gasteiger partial charge in [0.25, 0.3) is 15.9 Å². The molecule has 0 bridgehead atoms. The first-order valence-corrected chi connectivity index (χ1v) is 13.9. The number of para-hydroxylation sites is 1. The molecule has 0 atom stereocenters. The van der Waals surface area contributed by atoms with Crippen LogP contribution in [0.15, 0.2) is 119 Å². The lowest BCUT2D eigenvalue weighted by atomic mass is 10.2. The van der Waals surface area contributed by atoms with Crippen molar-refractivity contribution >= 4 is 50.4 Å². The zero-order valence-electron chi connectivity index (χ0n) is 19.7. The second-order valence-corrected chi connectivity index (χ2v) is 11.0. The van der Waals surface area contributed by atoms with Crippen LogP contribution in [0.25, 0.3) is 0 Å². The summed E-state index contributed by atoms with van der Waals surface area (Å²) >= 11 is 2.14. The van der Waals surface area contributed by atoms with Gasteiger partial charge in [-0.1, -0.05) is 60.7 Å². The van der Waals surface area contributed by atoms with Crippen molar-refractivity contribution in [3.63, 3.8) is 0 Å². The van der Waals surface area contributed by atoms with Crippen LogP contribution in [0.1, 0.15) is 11.1 Å². The highest BCUT2D eigenvalue weighted by Crippen LogP contribution is 2.24. The molecule has 0 saturated carbocycles. The van der Waals surface area contributed by atoms with Crippen LogP contribution in [0.3, 0.4) is 0 Å². The molecular weight excluding hydrogens is 601 g/mol. The van der Waals surface area contributed by atoms with Crippen LogP contribution in [0.2, 0.25) is 0 Å². The molecule has 188 valence electrons. The highest BCUT2D eigenvalue weighted by Gasteiger charge is 2.27. The van der Waals surface area contributed by atoms with Crippen LogP contribution in [-0.4, -0.2) is 27.1 Å². The average Bonchev–Trinajstić information content (AvgIpc) is 2.93. The molecule has 0 spiro atoms. The van der Waals surface area contributed by atoms with E-state index in [1.54, 1.807) is 42.5 Å². The third-order valence-electron chi connectivity index (χ3n) is 5.28. The van der Waals surface area contributed by atoms with Crippen LogP contribution >= 0.6 is 22.6 Å². The first kappa shape index (κ1) is 26.4. The van der Waals surface area contributed by atoms with Gasteiger partial charge in [-0.15, -0.1) is 0 Å². The van der Waals surface area contributed by atoms with Crippen molar-refractivity contribution in [2.45, 2.75) is 11.5 Å². The summed E-state index contributed by atoms with van der Waals surface area (Å²) in [6.45, 7) is -0.0539. The van der Waals surface area contributed by atoms with E-state index in [1.807, 2.05) is 54.6 Å². The van der Waals surface area contributed by atoms with Gasteiger partial charge in [0.15, 0.2) is 0 Å². The number of hydrogen-bond donors (Lipinski definition) is 1. The van der Waals surface area contributed by atoms with Crippen molar-refractivity contribution in [2.75, 3.05) is 10.8 Å². The number of sulfonamides is 1. The Kier molecular flexibility index (Phi) is 8.91. The quantitative estimate of drug-likeness (QED) is 0.149. The van der Waals surface area contributed by atoms with Crippen LogP contribution in [0.5, 0.6) is 5.75 Å². The van der Waals surface area contributed by atoms with Crippen LogP contribution < -0.4 is 14.5 Å². The number of nitrogens with one attached hydrogen (secondary N) is 1. The summed E-state index contributed by atoms with van der Waals surface area (Å²) in [5.74, 6) is 0.0218. The molecule has 4 aromatic rings. The molecular formula is C28H24IN3O4S. The van der Waals surface area contributed by atoms with E-state index in [4.69, 9.17) is 4.74 Å². The summed E-state index contributed by atoms with van der Waals surface area (Å²) in [7, 11) is -3.98. The van der Waals surface area contributed by atoms with E-state index < -0.39 is 22.5 Å². The van der Waals surface area contributed by atoms with Crippen LogP contribution in [-0.2, 0) is 21.4 Å². The van der Waals surface area contributed by atoms with Crippen molar-refractivity contribution in [1.29, 1.82) is 0 Å². The summed E-state index contributed by atoms with van der Waals surface area (Å²) in [6.07, 6.45) is 1.47. The maximum atomic E-state index is 13.4. The van der Waals surface area contributed by atoms with E-state index in [9.17, 15) is 13.2 Å². The SMILES string of the molecule is O=C(CN(c1ccc(I)cc1)S(=O)(=O)c1ccccc1)N/N=C\c1ccccc1OCc1ccccc1. The highest BCUT2D eigenvalue weighted by molar-refractivity contribution is 14.1. The Morgan fingerprint density at radius 2 is 1.49 bits per heavy atom. The molecule has 0 unspecified atom stereocenters. The largest absolute Gasteiger partial charge is 0.488 e. The number of carbonyl (C=O) groups is 1. The van der Waals surface area contributed by atoms with Crippen molar-refractivity contribution in [3.8, 4) is 5.75 Å². The zero-order valence-corrected chi connectivity index (χ0v) is 22.7. The molecule has 0 aromatic heterocycles. The smallest absolute Gasteiger partial charge is 0.264 e. The fraction of sp³-hybridized carbons (Fsp3) is 0.0714. The van der Waals surface area contributed by atoms with Crippen molar-refractivity contribution in [3.05, 3.63) is 124 Å².